The summed E-state index contributed by atoms with van der Waals surface area (Å²) in [5.41, 5.74) is 0. The molecular formula is C22H42N4O3. The van der Waals surface area contributed by atoms with Gasteiger partial charge in [-0.15, -0.1) is 0 Å². The number of esters is 1. The Morgan fingerprint density at radius 1 is 1.17 bits per heavy atom. The number of likely N-dealkylation sites (tertiary alicyclic amines) is 1. The number of ether oxygens (including phenoxy) is 2. The van der Waals surface area contributed by atoms with Crippen LogP contribution in [0, 0.1) is 0 Å². The van der Waals surface area contributed by atoms with Crippen molar-refractivity contribution in [1.29, 1.82) is 0 Å². The normalized spacial score (nSPS) is 19.7. The molecule has 29 heavy (non-hydrogen) atoms. The third-order valence-electron chi connectivity index (χ3n) is 5.54. The van der Waals surface area contributed by atoms with Gasteiger partial charge >= 0.3 is 5.97 Å². The van der Waals surface area contributed by atoms with Crippen LogP contribution in [0.15, 0.2) is 4.99 Å². The van der Waals surface area contributed by atoms with Gasteiger partial charge < -0.3 is 25.0 Å². The van der Waals surface area contributed by atoms with E-state index in [1.807, 2.05) is 0 Å². The molecule has 0 bridgehead atoms. The first-order valence-electron chi connectivity index (χ1n) is 11.6. The Labute approximate surface area is 177 Å². The van der Waals surface area contributed by atoms with Crippen LogP contribution in [0.1, 0.15) is 72.1 Å². The standard InChI is InChI=1S/C22H42N4O3/c1-4-23-22(24-13-7-10-21(27)29-20-8-5-6-9-20)25-19-11-14-26(15-12-19)16-17-28-18(2)3/h18-20H,4-17H2,1-3H3,(H2,23,24,25). The molecule has 1 saturated heterocycles. The molecule has 0 amide bonds. The van der Waals surface area contributed by atoms with Crippen molar-refractivity contribution in [3.05, 3.63) is 0 Å². The van der Waals surface area contributed by atoms with Gasteiger partial charge in [0.25, 0.3) is 0 Å². The van der Waals surface area contributed by atoms with Crippen LogP contribution in [0.5, 0.6) is 0 Å². The first-order chi connectivity index (χ1) is 14.1. The zero-order valence-corrected chi connectivity index (χ0v) is 18.8. The number of aliphatic imine (C=N–C) groups is 1. The summed E-state index contributed by atoms with van der Waals surface area (Å²) in [5.74, 6) is 0.789. The molecule has 0 atom stereocenters. The van der Waals surface area contributed by atoms with Gasteiger partial charge in [-0.2, -0.15) is 0 Å². The van der Waals surface area contributed by atoms with E-state index in [1.165, 1.54) is 12.8 Å². The average molecular weight is 411 g/mol. The first kappa shape index (κ1) is 23.9. The lowest BCUT2D eigenvalue weighted by molar-refractivity contribution is -0.148. The molecule has 0 aromatic heterocycles. The second-order valence-electron chi connectivity index (χ2n) is 8.44. The highest BCUT2D eigenvalue weighted by Crippen LogP contribution is 2.21. The number of nitrogens with zero attached hydrogens (tertiary/aromatic N) is 2. The topological polar surface area (TPSA) is 75.2 Å². The molecule has 2 rings (SSSR count). The van der Waals surface area contributed by atoms with Gasteiger partial charge in [-0.1, -0.05) is 0 Å². The molecule has 7 nitrogen and oxygen atoms in total. The average Bonchev–Trinajstić information content (AvgIpc) is 3.19. The number of nitrogens with one attached hydrogen (secondary N) is 2. The maximum Gasteiger partial charge on any atom is 0.306 e. The number of rotatable bonds is 11. The Morgan fingerprint density at radius 3 is 2.55 bits per heavy atom. The summed E-state index contributed by atoms with van der Waals surface area (Å²) in [6.07, 6.45) is 8.30. The molecule has 0 unspecified atom stereocenters. The lowest BCUT2D eigenvalue weighted by atomic mass is 10.1. The lowest BCUT2D eigenvalue weighted by Crippen LogP contribution is -2.49. The van der Waals surface area contributed by atoms with E-state index in [0.717, 1.165) is 70.8 Å². The van der Waals surface area contributed by atoms with Gasteiger partial charge in [0.15, 0.2) is 5.96 Å². The molecule has 0 aromatic rings. The highest BCUT2D eigenvalue weighted by Gasteiger charge is 2.20. The minimum Gasteiger partial charge on any atom is -0.462 e. The maximum atomic E-state index is 11.9. The van der Waals surface area contributed by atoms with E-state index in [0.29, 0.717) is 25.1 Å². The van der Waals surface area contributed by atoms with E-state index in [-0.39, 0.29) is 12.1 Å². The van der Waals surface area contributed by atoms with Gasteiger partial charge in [0.2, 0.25) is 0 Å². The Kier molecular flexibility index (Phi) is 11.4. The van der Waals surface area contributed by atoms with Crippen LogP contribution in [0.4, 0.5) is 0 Å². The van der Waals surface area contributed by atoms with Gasteiger partial charge in [0.1, 0.15) is 6.10 Å². The smallest absolute Gasteiger partial charge is 0.306 e. The van der Waals surface area contributed by atoms with Gasteiger partial charge in [-0.3, -0.25) is 9.79 Å². The second-order valence-corrected chi connectivity index (χ2v) is 8.44. The first-order valence-corrected chi connectivity index (χ1v) is 11.6. The Hall–Kier alpha value is -1.34. The summed E-state index contributed by atoms with van der Waals surface area (Å²) in [5, 5.41) is 6.89. The van der Waals surface area contributed by atoms with E-state index in [1.54, 1.807) is 0 Å². The van der Waals surface area contributed by atoms with Crippen molar-refractivity contribution >= 4 is 11.9 Å². The van der Waals surface area contributed by atoms with Crippen LogP contribution in [0.25, 0.3) is 0 Å². The second kappa shape index (κ2) is 13.8. The van der Waals surface area contributed by atoms with Gasteiger partial charge in [0.05, 0.1) is 12.7 Å². The van der Waals surface area contributed by atoms with Crippen LogP contribution in [-0.4, -0.2) is 74.4 Å². The molecule has 0 aromatic carbocycles. The molecule has 7 heteroatoms. The fourth-order valence-corrected chi connectivity index (χ4v) is 3.90. The van der Waals surface area contributed by atoms with E-state index in [4.69, 9.17) is 9.47 Å². The number of hydrogen-bond acceptors (Lipinski definition) is 5. The third kappa shape index (κ3) is 10.3. The molecule has 1 heterocycles. The fourth-order valence-electron chi connectivity index (χ4n) is 3.90. The lowest BCUT2D eigenvalue weighted by Gasteiger charge is -2.33. The van der Waals surface area contributed by atoms with Crippen LogP contribution in [-0.2, 0) is 14.3 Å². The van der Waals surface area contributed by atoms with Crippen LogP contribution in [0.3, 0.4) is 0 Å². The summed E-state index contributed by atoms with van der Waals surface area (Å²) < 4.78 is 11.2. The number of guanidine groups is 1. The van der Waals surface area contributed by atoms with Crippen molar-refractivity contribution < 1.29 is 14.3 Å². The Morgan fingerprint density at radius 2 is 1.90 bits per heavy atom. The Bertz CT molecular complexity index is 484. The third-order valence-corrected chi connectivity index (χ3v) is 5.54. The number of piperidine rings is 1. The van der Waals surface area contributed by atoms with Gasteiger partial charge in [0, 0.05) is 45.2 Å². The van der Waals surface area contributed by atoms with E-state index < -0.39 is 0 Å². The predicted octanol–water partition coefficient (Wildman–Crippen LogP) is 2.70. The fraction of sp³-hybridized carbons (Fsp3) is 0.909. The summed E-state index contributed by atoms with van der Waals surface area (Å²) in [6, 6.07) is 0.447. The molecule has 1 aliphatic heterocycles. The molecule has 1 saturated carbocycles. The van der Waals surface area contributed by atoms with Crippen LogP contribution in [0.2, 0.25) is 0 Å². The van der Waals surface area contributed by atoms with Gasteiger partial charge in [-0.25, -0.2) is 0 Å². The van der Waals surface area contributed by atoms with Gasteiger partial charge in [-0.05, 0) is 65.7 Å². The molecule has 2 aliphatic rings. The van der Waals surface area contributed by atoms with Crippen molar-refractivity contribution in [3.63, 3.8) is 0 Å². The minimum absolute atomic E-state index is 0.0705. The van der Waals surface area contributed by atoms with E-state index in [9.17, 15) is 4.79 Å². The SMILES string of the molecule is CCNC(=NCCCC(=O)OC1CCCC1)NC1CCN(CCOC(C)C)CC1. The Balaban J connectivity index is 1.62. The highest BCUT2D eigenvalue weighted by atomic mass is 16.5. The molecule has 2 N–H and O–H groups in total. The summed E-state index contributed by atoms with van der Waals surface area (Å²) in [4.78, 5) is 19.0. The zero-order valence-electron chi connectivity index (χ0n) is 18.8. The number of carbonyl (C=O) groups is 1. The molecule has 0 radical (unpaired) electrons. The highest BCUT2D eigenvalue weighted by molar-refractivity contribution is 5.80. The van der Waals surface area contributed by atoms with Crippen LogP contribution >= 0.6 is 0 Å². The van der Waals surface area contributed by atoms with Crippen molar-refractivity contribution in [1.82, 2.24) is 15.5 Å². The zero-order chi connectivity index (χ0) is 20.9. The molecule has 2 fully saturated rings. The van der Waals surface area contributed by atoms with E-state index >= 15 is 0 Å². The monoisotopic (exact) mass is 410 g/mol. The largest absolute Gasteiger partial charge is 0.462 e. The molecule has 1 aliphatic carbocycles. The summed E-state index contributed by atoms with van der Waals surface area (Å²) in [6.45, 7) is 11.7. The molecular weight excluding hydrogens is 368 g/mol. The molecule has 0 spiro atoms. The van der Waals surface area contributed by atoms with Crippen molar-refractivity contribution in [3.8, 4) is 0 Å². The van der Waals surface area contributed by atoms with Crippen LogP contribution < -0.4 is 10.6 Å². The van der Waals surface area contributed by atoms with Crippen molar-refractivity contribution in [2.24, 2.45) is 4.99 Å². The van der Waals surface area contributed by atoms with E-state index in [2.05, 4.69) is 41.3 Å². The summed E-state index contributed by atoms with van der Waals surface area (Å²) in [7, 11) is 0. The molecule has 168 valence electrons. The quantitative estimate of drug-likeness (QED) is 0.236. The van der Waals surface area contributed by atoms with Crippen molar-refractivity contribution in [2.45, 2.75) is 90.4 Å². The maximum absolute atomic E-state index is 11.9. The number of hydrogen-bond donors (Lipinski definition) is 2. The summed E-state index contributed by atoms with van der Waals surface area (Å²) >= 11 is 0. The minimum atomic E-state index is -0.0705. The van der Waals surface area contributed by atoms with Crippen molar-refractivity contribution in [2.75, 3.05) is 39.3 Å². The number of carbonyl (C=O) groups excluding carboxylic acids is 1. The predicted molar refractivity (Wildman–Crippen MR) is 117 cm³/mol.